The average Bonchev–Trinajstić information content (AvgIpc) is 2.65. The van der Waals surface area contributed by atoms with Crippen molar-refractivity contribution in [1.29, 1.82) is 0 Å². The number of fused-ring (bicyclic) bond motifs is 1. The Morgan fingerprint density at radius 3 is 2.44 bits per heavy atom. The Morgan fingerprint density at radius 1 is 1.12 bits per heavy atom. The smallest absolute Gasteiger partial charge is 0.227 e. The van der Waals surface area contributed by atoms with Crippen molar-refractivity contribution >= 4 is 11.9 Å². The van der Waals surface area contributed by atoms with E-state index in [4.69, 9.17) is 18.9 Å². The second-order valence-corrected chi connectivity index (χ2v) is 5.47. The third kappa shape index (κ3) is 3.31. The maximum atomic E-state index is 12.6. The standard InChI is InChI=1S/C20H20O5/c1-4-24-20-17(22-2)10-13(11-18(20)23-3)9-16-19(21)15-8-6-5-7-14(15)12-25-16/h5-11H,4,12H2,1-3H3/b16-9+. The van der Waals surface area contributed by atoms with Crippen molar-refractivity contribution < 1.29 is 23.7 Å². The fourth-order valence-electron chi connectivity index (χ4n) is 2.75. The molecule has 0 saturated heterocycles. The molecule has 0 N–H and O–H groups in total. The summed E-state index contributed by atoms with van der Waals surface area (Å²) in [5.74, 6) is 1.78. The molecule has 25 heavy (non-hydrogen) atoms. The Bertz CT molecular complexity index is 798. The Balaban J connectivity index is 2.00. The number of benzene rings is 2. The number of rotatable bonds is 5. The number of hydrogen-bond acceptors (Lipinski definition) is 5. The lowest BCUT2D eigenvalue weighted by molar-refractivity contribution is 0.0871. The largest absolute Gasteiger partial charge is 0.493 e. The van der Waals surface area contributed by atoms with Crippen molar-refractivity contribution in [3.8, 4) is 17.2 Å². The van der Waals surface area contributed by atoms with Gasteiger partial charge >= 0.3 is 0 Å². The van der Waals surface area contributed by atoms with Gasteiger partial charge in [-0.2, -0.15) is 0 Å². The molecule has 2 aromatic carbocycles. The number of ketones is 1. The van der Waals surface area contributed by atoms with Gasteiger partial charge in [-0.15, -0.1) is 0 Å². The highest BCUT2D eigenvalue weighted by Crippen LogP contribution is 2.39. The number of hydrogen-bond donors (Lipinski definition) is 0. The van der Waals surface area contributed by atoms with E-state index in [-0.39, 0.29) is 5.78 Å². The Kier molecular flexibility index (Phi) is 4.93. The third-order valence-corrected chi connectivity index (χ3v) is 3.94. The summed E-state index contributed by atoms with van der Waals surface area (Å²) in [4.78, 5) is 12.6. The minimum atomic E-state index is -0.131. The molecule has 0 spiro atoms. The van der Waals surface area contributed by atoms with Gasteiger partial charge in [0.25, 0.3) is 0 Å². The van der Waals surface area contributed by atoms with Crippen LogP contribution < -0.4 is 14.2 Å². The van der Waals surface area contributed by atoms with Gasteiger partial charge in [0, 0.05) is 11.1 Å². The van der Waals surface area contributed by atoms with E-state index >= 15 is 0 Å². The van der Waals surface area contributed by atoms with E-state index < -0.39 is 0 Å². The van der Waals surface area contributed by atoms with Crippen molar-refractivity contribution in [2.24, 2.45) is 0 Å². The highest BCUT2D eigenvalue weighted by atomic mass is 16.5. The first-order valence-electron chi connectivity index (χ1n) is 8.03. The molecule has 0 unspecified atom stereocenters. The van der Waals surface area contributed by atoms with Crippen LogP contribution >= 0.6 is 0 Å². The van der Waals surface area contributed by atoms with Crippen molar-refractivity contribution in [1.82, 2.24) is 0 Å². The summed E-state index contributed by atoms with van der Waals surface area (Å²) in [5.41, 5.74) is 2.30. The van der Waals surface area contributed by atoms with E-state index in [2.05, 4.69) is 0 Å². The third-order valence-electron chi connectivity index (χ3n) is 3.94. The molecule has 0 aromatic heterocycles. The van der Waals surface area contributed by atoms with Crippen LogP contribution in [-0.2, 0) is 11.3 Å². The van der Waals surface area contributed by atoms with Crippen LogP contribution in [0.15, 0.2) is 42.2 Å². The second-order valence-electron chi connectivity index (χ2n) is 5.47. The zero-order valence-corrected chi connectivity index (χ0v) is 14.5. The van der Waals surface area contributed by atoms with Gasteiger partial charge in [-0.3, -0.25) is 4.79 Å². The predicted molar refractivity (Wildman–Crippen MR) is 94.3 cm³/mol. The van der Waals surface area contributed by atoms with Crippen LogP contribution in [0, 0.1) is 0 Å². The second kappa shape index (κ2) is 7.30. The maximum absolute atomic E-state index is 12.6. The minimum Gasteiger partial charge on any atom is -0.493 e. The predicted octanol–water partition coefficient (Wildman–Crippen LogP) is 3.86. The van der Waals surface area contributed by atoms with E-state index in [1.165, 1.54) is 0 Å². The molecule has 5 nitrogen and oxygen atoms in total. The van der Waals surface area contributed by atoms with E-state index in [0.29, 0.717) is 41.8 Å². The Hall–Kier alpha value is -2.95. The Labute approximate surface area is 146 Å². The molecule has 0 saturated carbocycles. The molecule has 1 aliphatic rings. The first-order chi connectivity index (χ1) is 12.2. The molecule has 0 amide bonds. The molecule has 0 fully saturated rings. The van der Waals surface area contributed by atoms with Gasteiger partial charge in [0.2, 0.25) is 11.5 Å². The summed E-state index contributed by atoms with van der Waals surface area (Å²) in [7, 11) is 3.12. The first-order valence-corrected chi connectivity index (χ1v) is 8.03. The lowest BCUT2D eigenvalue weighted by atomic mass is 9.99. The summed E-state index contributed by atoms with van der Waals surface area (Å²) in [6.45, 7) is 2.76. The van der Waals surface area contributed by atoms with Crippen molar-refractivity contribution in [2.45, 2.75) is 13.5 Å². The molecule has 0 atom stereocenters. The molecule has 1 heterocycles. The summed E-state index contributed by atoms with van der Waals surface area (Å²) in [6.07, 6.45) is 1.69. The molecule has 130 valence electrons. The van der Waals surface area contributed by atoms with Crippen molar-refractivity contribution in [3.63, 3.8) is 0 Å². The van der Waals surface area contributed by atoms with Gasteiger partial charge in [-0.25, -0.2) is 0 Å². The van der Waals surface area contributed by atoms with Crippen molar-refractivity contribution in [3.05, 3.63) is 58.8 Å². The monoisotopic (exact) mass is 340 g/mol. The highest BCUT2D eigenvalue weighted by Gasteiger charge is 2.23. The summed E-state index contributed by atoms with van der Waals surface area (Å²) >= 11 is 0. The summed E-state index contributed by atoms with van der Waals surface area (Å²) < 4.78 is 22.0. The highest BCUT2D eigenvalue weighted by molar-refractivity contribution is 6.11. The SMILES string of the molecule is CCOc1c(OC)cc(/C=C2/OCc3ccccc3C2=O)cc1OC. The number of allylic oxidation sites excluding steroid dienone is 1. The van der Waals surface area contributed by atoms with Crippen LogP contribution in [0.2, 0.25) is 0 Å². The van der Waals surface area contributed by atoms with E-state index in [1.807, 2.05) is 31.2 Å². The number of ether oxygens (including phenoxy) is 4. The fourth-order valence-corrected chi connectivity index (χ4v) is 2.75. The molecule has 3 rings (SSSR count). The molecule has 0 radical (unpaired) electrons. The normalized spacial score (nSPS) is 14.7. The van der Waals surface area contributed by atoms with Crippen molar-refractivity contribution in [2.75, 3.05) is 20.8 Å². The molecular formula is C20H20O5. The lowest BCUT2D eigenvalue weighted by Crippen LogP contribution is -2.16. The molecular weight excluding hydrogens is 320 g/mol. The first kappa shape index (κ1) is 16.9. The van der Waals surface area contributed by atoms with Crippen LogP contribution in [-0.4, -0.2) is 26.6 Å². The number of carbonyl (C=O) groups excluding carboxylic acids is 1. The molecule has 2 aromatic rings. The fraction of sp³-hybridized carbons (Fsp3) is 0.250. The van der Waals surface area contributed by atoms with Crippen LogP contribution in [0.25, 0.3) is 6.08 Å². The number of carbonyl (C=O) groups is 1. The van der Waals surface area contributed by atoms with Crippen LogP contribution in [0.1, 0.15) is 28.4 Å². The van der Waals surface area contributed by atoms with Gasteiger partial charge < -0.3 is 18.9 Å². The molecule has 5 heteroatoms. The van der Waals surface area contributed by atoms with Crippen LogP contribution in [0.4, 0.5) is 0 Å². The van der Waals surface area contributed by atoms with Gasteiger partial charge in [0.1, 0.15) is 6.61 Å². The number of Topliss-reactive ketones (excluding diaryl/α,β-unsaturated/α-hetero) is 1. The average molecular weight is 340 g/mol. The van der Waals surface area contributed by atoms with Crippen LogP contribution in [0.5, 0.6) is 17.2 Å². The van der Waals surface area contributed by atoms with Gasteiger partial charge in [-0.1, -0.05) is 24.3 Å². The van der Waals surface area contributed by atoms with Gasteiger partial charge in [-0.05, 0) is 30.7 Å². The molecule has 1 aliphatic heterocycles. The summed E-state index contributed by atoms with van der Waals surface area (Å²) in [5, 5.41) is 0. The van der Waals surface area contributed by atoms with E-state index in [0.717, 1.165) is 11.1 Å². The quantitative estimate of drug-likeness (QED) is 0.774. The topological polar surface area (TPSA) is 54.0 Å². The van der Waals surface area contributed by atoms with E-state index in [1.54, 1.807) is 32.4 Å². The molecule has 0 bridgehead atoms. The molecule has 0 aliphatic carbocycles. The minimum absolute atomic E-state index is 0.131. The summed E-state index contributed by atoms with van der Waals surface area (Å²) in [6, 6.07) is 11.0. The van der Waals surface area contributed by atoms with E-state index in [9.17, 15) is 4.79 Å². The zero-order chi connectivity index (χ0) is 17.8. The number of methoxy groups -OCH3 is 2. The Morgan fingerprint density at radius 2 is 1.80 bits per heavy atom. The maximum Gasteiger partial charge on any atom is 0.227 e. The van der Waals surface area contributed by atoms with Gasteiger partial charge in [0.15, 0.2) is 17.3 Å². The zero-order valence-electron chi connectivity index (χ0n) is 14.5. The lowest BCUT2D eigenvalue weighted by Gasteiger charge is -2.19. The van der Waals surface area contributed by atoms with Gasteiger partial charge in [0.05, 0.1) is 20.8 Å². The van der Waals surface area contributed by atoms with Crippen LogP contribution in [0.3, 0.4) is 0 Å².